The molecule has 1 unspecified atom stereocenters. The molecule has 218 valence electrons. The molecule has 4 rings (SSSR count). The summed E-state index contributed by atoms with van der Waals surface area (Å²) in [5.74, 6) is -0.435. The van der Waals surface area contributed by atoms with E-state index in [1.54, 1.807) is 55.7 Å². The average Bonchev–Trinajstić information content (AvgIpc) is 3.20. The van der Waals surface area contributed by atoms with E-state index in [9.17, 15) is 27.2 Å². The Bertz CT molecular complexity index is 1220. The molecule has 11 heteroatoms. The smallest absolute Gasteiger partial charge is 0.416 e. The quantitative estimate of drug-likeness (QED) is 0.437. The first-order valence-corrected chi connectivity index (χ1v) is 13.2. The van der Waals surface area contributed by atoms with Crippen LogP contribution in [-0.4, -0.2) is 59.8 Å². The first kappa shape index (κ1) is 29.6. The van der Waals surface area contributed by atoms with Crippen LogP contribution in [0.3, 0.4) is 0 Å². The van der Waals surface area contributed by atoms with Gasteiger partial charge in [0.2, 0.25) is 0 Å². The lowest BCUT2D eigenvalue weighted by Gasteiger charge is -2.37. The van der Waals surface area contributed by atoms with Crippen LogP contribution in [0.1, 0.15) is 55.9 Å². The van der Waals surface area contributed by atoms with Crippen molar-refractivity contribution < 1.29 is 36.6 Å². The minimum Gasteiger partial charge on any atom is -0.444 e. The Balaban J connectivity index is 1.47. The van der Waals surface area contributed by atoms with Gasteiger partial charge >= 0.3 is 18.3 Å². The molecular weight excluding hydrogens is 530 g/mol. The van der Waals surface area contributed by atoms with Crippen LogP contribution in [0.15, 0.2) is 42.5 Å². The van der Waals surface area contributed by atoms with Crippen molar-refractivity contribution in [3.05, 3.63) is 70.5 Å². The van der Waals surface area contributed by atoms with E-state index < -0.39 is 34.8 Å². The highest BCUT2D eigenvalue weighted by Gasteiger charge is 2.47. The summed E-state index contributed by atoms with van der Waals surface area (Å²) in [4.78, 5) is 29.0. The Morgan fingerprint density at radius 1 is 1.07 bits per heavy atom. The number of alkyl halides is 3. The highest BCUT2D eigenvalue weighted by molar-refractivity contribution is 5.79. The molecule has 7 nitrogen and oxygen atoms in total. The highest BCUT2D eigenvalue weighted by Crippen LogP contribution is 2.34. The van der Waals surface area contributed by atoms with Gasteiger partial charge in [0.1, 0.15) is 17.0 Å². The molecule has 2 heterocycles. The van der Waals surface area contributed by atoms with Gasteiger partial charge in [0, 0.05) is 19.1 Å². The molecule has 1 atom stereocenters. The predicted molar refractivity (Wildman–Crippen MR) is 140 cm³/mol. The Kier molecular flexibility index (Phi) is 8.35. The second-order valence-electron chi connectivity index (χ2n) is 11.5. The first-order chi connectivity index (χ1) is 18.6. The maximum Gasteiger partial charge on any atom is 0.416 e. The molecule has 2 aliphatic rings. The number of nitrogens with one attached hydrogen (secondary N) is 1. The van der Waals surface area contributed by atoms with E-state index in [4.69, 9.17) is 9.47 Å². The van der Waals surface area contributed by atoms with Crippen molar-refractivity contribution in [1.29, 1.82) is 0 Å². The number of likely N-dealkylation sites (tertiary alicyclic amines) is 1. The fourth-order valence-electron chi connectivity index (χ4n) is 5.21. The molecule has 2 aliphatic heterocycles. The fraction of sp³-hybridized carbons (Fsp3) is 0.517. The van der Waals surface area contributed by atoms with Gasteiger partial charge in [0.15, 0.2) is 0 Å². The number of nitrogens with zero attached hydrogens (tertiary/aromatic N) is 2. The number of carbonyl (C=O) groups excluding carboxylic acids is 2. The molecular formula is C29H35F4N3O4. The molecule has 0 radical (unpaired) electrons. The summed E-state index contributed by atoms with van der Waals surface area (Å²) >= 11 is 0. The second-order valence-corrected chi connectivity index (χ2v) is 11.5. The van der Waals surface area contributed by atoms with Gasteiger partial charge in [0.25, 0.3) is 0 Å². The van der Waals surface area contributed by atoms with Crippen LogP contribution < -0.4 is 5.32 Å². The molecule has 0 aliphatic carbocycles. The van der Waals surface area contributed by atoms with E-state index in [1.807, 2.05) is 0 Å². The number of benzene rings is 2. The third-order valence-corrected chi connectivity index (χ3v) is 7.08. The van der Waals surface area contributed by atoms with Gasteiger partial charge in [-0.15, -0.1) is 0 Å². The van der Waals surface area contributed by atoms with Crippen LogP contribution in [-0.2, 0) is 27.8 Å². The standard InChI is InChI=1S/C29H35F4N3O4/c1-19-13-20(15-22(14-19)29(31,32)33)16-39-18-28(21-5-7-23(30)8-6-21)17-36(25(37)34-28)24-9-11-35(12-10-24)26(38)40-27(2,3)4/h5-8,13-15,24H,9-12,16-18H2,1-4H3,(H,34,37). The molecule has 0 aromatic heterocycles. The lowest BCUT2D eigenvalue weighted by atomic mass is 9.90. The third kappa shape index (κ3) is 7.04. The average molecular weight is 566 g/mol. The fourth-order valence-corrected chi connectivity index (χ4v) is 5.21. The van der Waals surface area contributed by atoms with Crippen molar-refractivity contribution in [3.8, 4) is 0 Å². The predicted octanol–water partition coefficient (Wildman–Crippen LogP) is 5.99. The maximum atomic E-state index is 13.7. The van der Waals surface area contributed by atoms with Crippen LogP contribution in [0, 0.1) is 12.7 Å². The molecule has 2 aromatic rings. The minimum atomic E-state index is -4.48. The van der Waals surface area contributed by atoms with Gasteiger partial charge in [-0.3, -0.25) is 0 Å². The molecule has 0 bridgehead atoms. The second kappa shape index (κ2) is 11.3. The minimum absolute atomic E-state index is 0.0348. The van der Waals surface area contributed by atoms with Gasteiger partial charge in [-0.25, -0.2) is 14.0 Å². The number of hydrogen-bond donors (Lipinski definition) is 1. The number of hydrogen-bond acceptors (Lipinski definition) is 4. The topological polar surface area (TPSA) is 71.1 Å². The molecule has 0 saturated carbocycles. The normalized spacial score (nSPS) is 20.6. The lowest BCUT2D eigenvalue weighted by Crippen LogP contribution is -2.49. The van der Waals surface area contributed by atoms with Crippen molar-refractivity contribution in [2.24, 2.45) is 0 Å². The Morgan fingerprint density at radius 2 is 1.73 bits per heavy atom. The zero-order valence-corrected chi connectivity index (χ0v) is 23.1. The Morgan fingerprint density at radius 3 is 2.33 bits per heavy atom. The van der Waals surface area contributed by atoms with Crippen molar-refractivity contribution >= 4 is 12.1 Å². The Labute approximate surface area is 231 Å². The summed E-state index contributed by atoms with van der Waals surface area (Å²) in [6, 6.07) is 9.01. The molecule has 3 amide bonds. The van der Waals surface area contributed by atoms with Crippen LogP contribution >= 0.6 is 0 Å². The number of aryl methyl sites for hydroxylation is 1. The largest absolute Gasteiger partial charge is 0.444 e. The van der Waals surface area contributed by atoms with Crippen molar-refractivity contribution in [2.45, 2.75) is 70.5 Å². The number of carbonyl (C=O) groups is 2. The summed E-state index contributed by atoms with van der Waals surface area (Å²) in [5.41, 5.74) is -0.959. The van der Waals surface area contributed by atoms with Gasteiger partial charge in [-0.05, 0) is 75.9 Å². The summed E-state index contributed by atoms with van der Waals surface area (Å²) in [5, 5.41) is 3.00. The number of amides is 3. The van der Waals surface area contributed by atoms with Crippen molar-refractivity contribution in [1.82, 2.24) is 15.1 Å². The van der Waals surface area contributed by atoms with E-state index in [2.05, 4.69) is 5.32 Å². The van der Waals surface area contributed by atoms with Gasteiger partial charge in [-0.1, -0.05) is 23.8 Å². The summed E-state index contributed by atoms with van der Waals surface area (Å²) in [7, 11) is 0. The number of rotatable bonds is 6. The lowest BCUT2D eigenvalue weighted by molar-refractivity contribution is -0.137. The number of urea groups is 1. The van der Waals surface area contributed by atoms with Crippen LogP contribution in [0.5, 0.6) is 0 Å². The van der Waals surface area contributed by atoms with Gasteiger partial charge < -0.3 is 24.6 Å². The molecule has 1 N–H and O–H groups in total. The highest BCUT2D eigenvalue weighted by atomic mass is 19.4. The van der Waals surface area contributed by atoms with Crippen LogP contribution in [0.2, 0.25) is 0 Å². The van der Waals surface area contributed by atoms with Crippen molar-refractivity contribution in [2.75, 3.05) is 26.2 Å². The number of ether oxygens (including phenoxy) is 2. The molecule has 2 saturated heterocycles. The third-order valence-electron chi connectivity index (χ3n) is 7.08. The first-order valence-electron chi connectivity index (χ1n) is 13.2. The summed E-state index contributed by atoms with van der Waals surface area (Å²) < 4.78 is 65.0. The van der Waals surface area contributed by atoms with Gasteiger partial charge in [-0.2, -0.15) is 13.2 Å². The van der Waals surface area contributed by atoms with E-state index in [-0.39, 0.29) is 31.8 Å². The summed E-state index contributed by atoms with van der Waals surface area (Å²) in [6.45, 7) is 7.94. The van der Waals surface area contributed by atoms with Crippen LogP contribution in [0.4, 0.5) is 27.2 Å². The summed E-state index contributed by atoms with van der Waals surface area (Å²) in [6.07, 6.45) is -3.77. The zero-order valence-electron chi connectivity index (χ0n) is 23.1. The maximum absolute atomic E-state index is 13.7. The van der Waals surface area contributed by atoms with E-state index >= 15 is 0 Å². The SMILES string of the molecule is Cc1cc(COCC2(c3ccc(F)cc3)CN(C3CCN(C(=O)OC(C)(C)C)CC3)C(=O)N2)cc(C(F)(F)F)c1. The van der Waals surface area contributed by atoms with Crippen LogP contribution in [0.25, 0.3) is 0 Å². The monoisotopic (exact) mass is 565 g/mol. The molecule has 40 heavy (non-hydrogen) atoms. The van der Waals surface area contributed by atoms with Crippen molar-refractivity contribution in [3.63, 3.8) is 0 Å². The van der Waals surface area contributed by atoms with E-state index in [0.717, 1.165) is 12.1 Å². The Hall–Kier alpha value is -3.34. The van der Waals surface area contributed by atoms with Gasteiger partial charge in [0.05, 0.1) is 25.3 Å². The molecule has 2 aromatic carbocycles. The zero-order chi connectivity index (χ0) is 29.3. The number of piperidine rings is 1. The molecule has 0 spiro atoms. The number of halogens is 4. The van der Waals surface area contributed by atoms with E-state index in [1.165, 1.54) is 12.1 Å². The van der Waals surface area contributed by atoms with E-state index in [0.29, 0.717) is 42.6 Å². The molecule has 2 fully saturated rings.